The SMILES string of the molecule is c1ccc(NC2=NCC(COc3ccccc3)S2)cc1. The number of ether oxygens (including phenoxy) is 1. The second-order valence-electron chi connectivity index (χ2n) is 4.50. The number of nitrogens with zero attached hydrogens (tertiary/aromatic N) is 1. The average Bonchev–Trinajstić information content (AvgIpc) is 2.95. The highest BCUT2D eigenvalue weighted by atomic mass is 32.2. The first kappa shape index (κ1) is 13.1. The van der Waals surface area contributed by atoms with Gasteiger partial charge in [-0.25, -0.2) is 0 Å². The minimum absolute atomic E-state index is 0.376. The molecule has 0 saturated carbocycles. The molecular weight excluding hydrogens is 268 g/mol. The van der Waals surface area contributed by atoms with E-state index in [4.69, 9.17) is 4.74 Å². The Bertz CT molecular complexity index is 572. The normalized spacial score (nSPS) is 17.6. The monoisotopic (exact) mass is 284 g/mol. The van der Waals surface area contributed by atoms with Gasteiger partial charge in [-0.2, -0.15) is 0 Å². The predicted octanol–water partition coefficient (Wildman–Crippen LogP) is 3.65. The summed E-state index contributed by atoms with van der Waals surface area (Å²) in [4.78, 5) is 4.51. The molecule has 0 fully saturated rings. The summed E-state index contributed by atoms with van der Waals surface area (Å²) in [6.45, 7) is 1.48. The van der Waals surface area contributed by atoms with E-state index < -0.39 is 0 Å². The van der Waals surface area contributed by atoms with Crippen molar-refractivity contribution in [1.29, 1.82) is 0 Å². The number of hydrogen-bond acceptors (Lipinski definition) is 4. The molecule has 1 N–H and O–H groups in total. The number of rotatable bonds is 4. The molecule has 1 aliphatic heterocycles. The number of nitrogens with one attached hydrogen (secondary N) is 1. The minimum Gasteiger partial charge on any atom is -0.492 e. The van der Waals surface area contributed by atoms with E-state index in [9.17, 15) is 0 Å². The number of amidine groups is 1. The summed E-state index contributed by atoms with van der Waals surface area (Å²) in [6.07, 6.45) is 0. The van der Waals surface area contributed by atoms with Crippen LogP contribution in [0.2, 0.25) is 0 Å². The van der Waals surface area contributed by atoms with Crippen molar-refractivity contribution < 1.29 is 4.74 Å². The Morgan fingerprint density at radius 1 is 1.05 bits per heavy atom. The number of aliphatic imine (C=N–C) groups is 1. The maximum atomic E-state index is 5.77. The third-order valence-electron chi connectivity index (χ3n) is 2.92. The van der Waals surface area contributed by atoms with Gasteiger partial charge in [0.1, 0.15) is 12.4 Å². The molecule has 0 aliphatic carbocycles. The van der Waals surface area contributed by atoms with E-state index in [0.717, 1.165) is 23.1 Å². The summed E-state index contributed by atoms with van der Waals surface area (Å²) < 4.78 is 5.77. The fourth-order valence-electron chi connectivity index (χ4n) is 1.92. The maximum absolute atomic E-state index is 5.77. The van der Waals surface area contributed by atoms with Gasteiger partial charge in [0.2, 0.25) is 0 Å². The van der Waals surface area contributed by atoms with Gasteiger partial charge in [-0.15, -0.1) is 0 Å². The van der Waals surface area contributed by atoms with Crippen molar-refractivity contribution in [3.8, 4) is 5.75 Å². The summed E-state index contributed by atoms with van der Waals surface area (Å²) in [5, 5.41) is 4.67. The molecule has 3 nitrogen and oxygen atoms in total. The zero-order valence-corrected chi connectivity index (χ0v) is 11.8. The van der Waals surface area contributed by atoms with Crippen LogP contribution in [0.25, 0.3) is 0 Å². The lowest BCUT2D eigenvalue weighted by atomic mass is 10.3. The van der Waals surface area contributed by atoms with E-state index in [0.29, 0.717) is 11.9 Å². The lowest BCUT2D eigenvalue weighted by Crippen LogP contribution is -2.16. The van der Waals surface area contributed by atoms with Crippen LogP contribution in [-0.2, 0) is 0 Å². The molecular formula is C16H16N2OS. The van der Waals surface area contributed by atoms with E-state index in [-0.39, 0.29) is 0 Å². The van der Waals surface area contributed by atoms with Crippen LogP contribution < -0.4 is 10.1 Å². The molecule has 1 aliphatic rings. The Hall–Kier alpha value is -1.94. The largest absolute Gasteiger partial charge is 0.492 e. The lowest BCUT2D eigenvalue weighted by Gasteiger charge is -2.11. The molecule has 0 amide bonds. The summed E-state index contributed by atoms with van der Waals surface area (Å²) in [5.41, 5.74) is 1.07. The molecule has 3 rings (SSSR count). The molecule has 1 heterocycles. The van der Waals surface area contributed by atoms with E-state index in [1.165, 1.54) is 0 Å². The fraction of sp³-hybridized carbons (Fsp3) is 0.188. The van der Waals surface area contributed by atoms with Crippen molar-refractivity contribution in [2.24, 2.45) is 4.99 Å². The van der Waals surface area contributed by atoms with Gasteiger partial charge < -0.3 is 10.1 Å². The van der Waals surface area contributed by atoms with Gasteiger partial charge in [0.25, 0.3) is 0 Å². The number of benzene rings is 2. The Morgan fingerprint density at radius 3 is 2.50 bits per heavy atom. The lowest BCUT2D eigenvalue weighted by molar-refractivity contribution is 0.320. The third-order valence-corrected chi connectivity index (χ3v) is 3.99. The summed E-state index contributed by atoms with van der Waals surface area (Å²) in [7, 11) is 0. The summed E-state index contributed by atoms with van der Waals surface area (Å²) >= 11 is 1.74. The Labute approximate surface area is 123 Å². The highest BCUT2D eigenvalue weighted by Gasteiger charge is 2.20. The zero-order chi connectivity index (χ0) is 13.6. The number of thioether (sulfide) groups is 1. The van der Waals surface area contributed by atoms with Gasteiger partial charge in [-0.1, -0.05) is 48.2 Å². The van der Waals surface area contributed by atoms with Crippen LogP contribution >= 0.6 is 11.8 Å². The molecule has 1 unspecified atom stereocenters. The molecule has 0 saturated heterocycles. The van der Waals surface area contributed by atoms with Gasteiger partial charge in [0.15, 0.2) is 5.17 Å². The first-order valence-electron chi connectivity index (χ1n) is 6.61. The van der Waals surface area contributed by atoms with Crippen LogP contribution in [0.15, 0.2) is 65.7 Å². The van der Waals surface area contributed by atoms with Crippen molar-refractivity contribution in [1.82, 2.24) is 0 Å². The number of hydrogen-bond donors (Lipinski definition) is 1. The van der Waals surface area contributed by atoms with E-state index in [1.807, 2.05) is 60.7 Å². The fourth-order valence-corrected chi connectivity index (χ4v) is 2.85. The quantitative estimate of drug-likeness (QED) is 0.930. The van der Waals surface area contributed by atoms with Gasteiger partial charge in [-0.05, 0) is 24.3 Å². The topological polar surface area (TPSA) is 33.6 Å². The Kier molecular flexibility index (Phi) is 4.23. The molecule has 2 aromatic carbocycles. The second-order valence-corrected chi connectivity index (χ2v) is 5.79. The standard InChI is InChI=1S/C16H16N2OS/c1-3-7-13(8-4-1)18-16-17-11-15(20-16)12-19-14-9-5-2-6-10-14/h1-10,15H,11-12H2,(H,17,18). The van der Waals surface area contributed by atoms with Crippen LogP contribution in [0.4, 0.5) is 5.69 Å². The van der Waals surface area contributed by atoms with Gasteiger partial charge in [0, 0.05) is 5.69 Å². The van der Waals surface area contributed by atoms with Crippen molar-refractivity contribution in [3.05, 3.63) is 60.7 Å². The summed E-state index contributed by atoms with van der Waals surface area (Å²) in [6, 6.07) is 20.0. The van der Waals surface area contributed by atoms with Gasteiger partial charge >= 0.3 is 0 Å². The van der Waals surface area contributed by atoms with Crippen LogP contribution in [0, 0.1) is 0 Å². The molecule has 0 radical (unpaired) electrons. The minimum atomic E-state index is 0.376. The van der Waals surface area contributed by atoms with Crippen LogP contribution in [0.1, 0.15) is 0 Å². The highest BCUT2D eigenvalue weighted by Crippen LogP contribution is 2.23. The number of para-hydroxylation sites is 2. The molecule has 0 spiro atoms. The zero-order valence-electron chi connectivity index (χ0n) is 11.0. The first-order chi connectivity index (χ1) is 9.90. The predicted molar refractivity (Wildman–Crippen MR) is 85.7 cm³/mol. The first-order valence-corrected chi connectivity index (χ1v) is 7.49. The maximum Gasteiger partial charge on any atom is 0.161 e. The molecule has 0 aromatic heterocycles. The molecule has 20 heavy (non-hydrogen) atoms. The molecule has 1 atom stereocenters. The van der Waals surface area contributed by atoms with Crippen LogP contribution in [0.5, 0.6) is 5.75 Å². The molecule has 0 bridgehead atoms. The smallest absolute Gasteiger partial charge is 0.161 e. The molecule has 4 heteroatoms. The van der Waals surface area contributed by atoms with E-state index in [2.05, 4.69) is 10.3 Å². The van der Waals surface area contributed by atoms with Crippen molar-refractivity contribution in [2.45, 2.75) is 5.25 Å². The van der Waals surface area contributed by atoms with Crippen molar-refractivity contribution >= 4 is 22.6 Å². The Balaban J connectivity index is 1.47. The highest BCUT2D eigenvalue weighted by molar-refractivity contribution is 8.15. The Morgan fingerprint density at radius 2 is 1.75 bits per heavy atom. The average molecular weight is 284 g/mol. The molecule has 102 valence electrons. The van der Waals surface area contributed by atoms with Crippen LogP contribution in [-0.4, -0.2) is 23.6 Å². The summed E-state index contributed by atoms with van der Waals surface area (Å²) in [5.74, 6) is 0.914. The van der Waals surface area contributed by atoms with Gasteiger partial charge in [0.05, 0.1) is 11.8 Å². The van der Waals surface area contributed by atoms with E-state index in [1.54, 1.807) is 11.8 Å². The molecule has 2 aromatic rings. The second kappa shape index (κ2) is 6.48. The third kappa shape index (κ3) is 3.54. The number of anilines is 1. The van der Waals surface area contributed by atoms with Crippen LogP contribution in [0.3, 0.4) is 0 Å². The van der Waals surface area contributed by atoms with Gasteiger partial charge in [-0.3, -0.25) is 4.99 Å². The van der Waals surface area contributed by atoms with E-state index >= 15 is 0 Å². The van der Waals surface area contributed by atoms with Crippen molar-refractivity contribution in [3.63, 3.8) is 0 Å². The van der Waals surface area contributed by atoms with Crippen molar-refractivity contribution in [2.75, 3.05) is 18.5 Å².